The molecular weight excluding hydrogens is 400 g/mol. The van der Waals surface area contributed by atoms with E-state index in [1.165, 1.54) is 0 Å². The fourth-order valence-electron chi connectivity index (χ4n) is 2.87. The molecular formula is C19H19BrN2O4. The average molecular weight is 419 g/mol. The van der Waals surface area contributed by atoms with E-state index in [1.807, 2.05) is 31.2 Å². The first-order chi connectivity index (χ1) is 12.5. The van der Waals surface area contributed by atoms with Gasteiger partial charge < -0.3 is 4.74 Å². The number of anilines is 1. The van der Waals surface area contributed by atoms with Crippen LogP contribution in [0.15, 0.2) is 48.0 Å². The summed E-state index contributed by atoms with van der Waals surface area (Å²) in [4.78, 5) is 35.7. The Labute approximate surface area is 159 Å². The van der Waals surface area contributed by atoms with Crippen LogP contribution in [-0.2, 0) is 9.59 Å². The highest BCUT2D eigenvalue weighted by molar-refractivity contribution is 9.10. The zero-order valence-electron chi connectivity index (χ0n) is 14.3. The van der Waals surface area contributed by atoms with Gasteiger partial charge in [0.15, 0.2) is 0 Å². The van der Waals surface area contributed by atoms with Crippen LogP contribution in [0, 0.1) is 0 Å². The molecule has 0 aliphatic carbocycles. The molecule has 1 unspecified atom stereocenters. The van der Waals surface area contributed by atoms with Crippen LogP contribution in [0.5, 0.6) is 5.75 Å². The van der Waals surface area contributed by atoms with Crippen molar-refractivity contribution in [1.82, 2.24) is 5.32 Å². The van der Waals surface area contributed by atoms with Gasteiger partial charge in [-0.25, -0.2) is 4.79 Å². The van der Waals surface area contributed by atoms with E-state index in [1.54, 1.807) is 11.0 Å². The third-order valence-electron chi connectivity index (χ3n) is 4.03. The Hall–Kier alpha value is -2.67. The third kappa shape index (κ3) is 3.77. The Kier molecular flexibility index (Phi) is 6.52. The van der Waals surface area contributed by atoms with Crippen molar-refractivity contribution >= 4 is 50.8 Å². The monoisotopic (exact) mass is 418 g/mol. The molecule has 7 heteroatoms. The number of hydrogen-bond acceptors (Lipinski definition) is 4. The molecule has 136 valence electrons. The van der Waals surface area contributed by atoms with Gasteiger partial charge in [0.2, 0.25) is 12.3 Å². The minimum Gasteiger partial charge on any atom is -0.409 e. The smallest absolute Gasteiger partial charge is 0.409 e. The number of amides is 3. The van der Waals surface area contributed by atoms with Crippen LogP contribution >= 0.6 is 15.9 Å². The second kappa shape index (κ2) is 8.62. The summed E-state index contributed by atoms with van der Waals surface area (Å²) in [5, 5.41) is 3.91. The normalized spacial score (nSPS) is 13.3. The Morgan fingerprint density at radius 2 is 2.08 bits per heavy atom. The summed E-state index contributed by atoms with van der Waals surface area (Å²) < 4.78 is 6.37. The molecule has 1 heterocycles. The molecule has 26 heavy (non-hydrogen) atoms. The van der Waals surface area contributed by atoms with Gasteiger partial charge in [0.25, 0.3) is 0 Å². The van der Waals surface area contributed by atoms with Crippen LogP contribution in [-0.4, -0.2) is 24.5 Å². The Morgan fingerprint density at radius 3 is 2.77 bits per heavy atom. The van der Waals surface area contributed by atoms with E-state index < -0.39 is 6.09 Å². The van der Waals surface area contributed by atoms with Crippen molar-refractivity contribution in [2.24, 2.45) is 0 Å². The molecule has 6 nitrogen and oxygen atoms in total. The number of nitrogens with one attached hydrogen (secondary N) is 1. The SMILES string of the molecule is C=C.CC(CCC(=O)NC=O)N1C(=O)Oc2ccc(Br)c3cccc1c23. The number of halogens is 1. The summed E-state index contributed by atoms with van der Waals surface area (Å²) in [7, 11) is 0. The first-order valence-electron chi connectivity index (χ1n) is 7.98. The van der Waals surface area contributed by atoms with Crippen LogP contribution in [0.3, 0.4) is 0 Å². The van der Waals surface area contributed by atoms with E-state index in [2.05, 4.69) is 34.4 Å². The van der Waals surface area contributed by atoms with Crippen molar-refractivity contribution in [3.63, 3.8) is 0 Å². The van der Waals surface area contributed by atoms with Crippen LogP contribution in [0.25, 0.3) is 10.8 Å². The van der Waals surface area contributed by atoms with E-state index in [0.29, 0.717) is 18.6 Å². The van der Waals surface area contributed by atoms with Crippen LogP contribution in [0.1, 0.15) is 19.8 Å². The number of carbonyl (C=O) groups excluding carboxylic acids is 3. The Morgan fingerprint density at radius 1 is 1.35 bits per heavy atom. The van der Waals surface area contributed by atoms with E-state index in [-0.39, 0.29) is 18.4 Å². The van der Waals surface area contributed by atoms with Gasteiger partial charge in [0, 0.05) is 27.7 Å². The molecule has 1 N–H and O–H groups in total. The fraction of sp³-hybridized carbons (Fsp3) is 0.211. The second-order valence-electron chi connectivity index (χ2n) is 5.56. The largest absolute Gasteiger partial charge is 0.420 e. The maximum Gasteiger partial charge on any atom is 0.420 e. The zero-order valence-corrected chi connectivity index (χ0v) is 15.9. The molecule has 0 radical (unpaired) electrons. The van der Waals surface area contributed by atoms with Crippen molar-refractivity contribution in [3.05, 3.63) is 48.0 Å². The standard InChI is InChI=1S/C17H15BrN2O4.C2H4/c1-10(5-8-15(22)19-9-21)20-13-4-2-3-11-12(18)6-7-14(16(11)13)24-17(20)23;1-2/h2-4,6-7,9-10H,5,8H2,1H3,(H,19,21,22);1-2H2. The van der Waals surface area contributed by atoms with Crippen molar-refractivity contribution in [2.75, 3.05) is 4.90 Å². The van der Waals surface area contributed by atoms with Gasteiger partial charge in [-0.2, -0.15) is 0 Å². The summed E-state index contributed by atoms with van der Waals surface area (Å²) in [6.45, 7) is 7.84. The van der Waals surface area contributed by atoms with Crippen LogP contribution < -0.4 is 15.0 Å². The summed E-state index contributed by atoms with van der Waals surface area (Å²) in [5.74, 6) is 0.152. The van der Waals surface area contributed by atoms with Gasteiger partial charge in [-0.15, -0.1) is 13.2 Å². The summed E-state index contributed by atoms with van der Waals surface area (Å²) >= 11 is 3.51. The van der Waals surface area contributed by atoms with Gasteiger partial charge in [-0.05, 0) is 31.5 Å². The lowest BCUT2D eigenvalue weighted by atomic mass is 10.0. The number of rotatable bonds is 5. The minimum absolute atomic E-state index is 0.144. The number of carbonyl (C=O) groups is 3. The second-order valence-corrected chi connectivity index (χ2v) is 6.41. The van der Waals surface area contributed by atoms with Gasteiger partial charge in [-0.1, -0.05) is 28.1 Å². The molecule has 0 spiro atoms. The highest BCUT2D eigenvalue weighted by Crippen LogP contribution is 2.42. The molecule has 0 saturated carbocycles. The highest BCUT2D eigenvalue weighted by atomic mass is 79.9. The summed E-state index contributed by atoms with van der Waals surface area (Å²) in [6.07, 6.45) is 0.441. The molecule has 0 saturated heterocycles. The topological polar surface area (TPSA) is 75.7 Å². The van der Waals surface area contributed by atoms with Gasteiger partial charge in [0.1, 0.15) is 5.75 Å². The first-order valence-corrected chi connectivity index (χ1v) is 8.77. The summed E-state index contributed by atoms with van der Waals surface area (Å²) in [5.41, 5.74) is 0.753. The van der Waals surface area contributed by atoms with Crippen molar-refractivity contribution in [1.29, 1.82) is 0 Å². The van der Waals surface area contributed by atoms with Gasteiger partial charge in [-0.3, -0.25) is 19.8 Å². The van der Waals surface area contributed by atoms with E-state index >= 15 is 0 Å². The lowest BCUT2D eigenvalue weighted by molar-refractivity contribution is -0.125. The molecule has 0 fully saturated rings. The molecule has 3 rings (SSSR count). The lowest BCUT2D eigenvalue weighted by Crippen LogP contribution is -2.43. The van der Waals surface area contributed by atoms with E-state index in [9.17, 15) is 14.4 Å². The zero-order chi connectivity index (χ0) is 19.3. The Bertz CT molecular complexity index is 853. The number of benzene rings is 2. The first kappa shape index (κ1) is 19.7. The number of imide groups is 1. The molecule has 2 aromatic carbocycles. The predicted molar refractivity (Wildman–Crippen MR) is 104 cm³/mol. The molecule has 3 amide bonds. The lowest BCUT2D eigenvalue weighted by Gasteiger charge is -2.33. The molecule has 2 aromatic rings. The van der Waals surface area contributed by atoms with E-state index in [4.69, 9.17) is 4.74 Å². The van der Waals surface area contributed by atoms with Crippen molar-refractivity contribution < 1.29 is 19.1 Å². The fourth-order valence-corrected chi connectivity index (χ4v) is 3.33. The van der Waals surface area contributed by atoms with Crippen molar-refractivity contribution in [2.45, 2.75) is 25.8 Å². The minimum atomic E-state index is -0.472. The molecule has 1 atom stereocenters. The van der Waals surface area contributed by atoms with Crippen LogP contribution in [0.2, 0.25) is 0 Å². The average Bonchev–Trinajstić information content (AvgIpc) is 2.64. The number of hydrogen-bond donors (Lipinski definition) is 1. The quantitative estimate of drug-likeness (QED) is 0.583. The van der Waals surface area contributed by atoms with Crippen LogP contribution in [0.4, 0.5) is 10.5 Å². The highest BCUT2D eigenvalue weighted by Gasteiger charge is 2.31. The summed E-state index contributed by atoms with van der Waals surface area (Å²) in [6, 6.07) is 9.04. The van der Waals surface area contributed by atoms with Gasteiger partial charge in [0.05, 0.1) is 5.69 Å². The van der Waals surface area contributed by atoms with E-state index in [0.717, 1.165) is 20.9 Å². The maximum atomic E-state index is 12.4. The van der Waals surface area contributed by atoms with Crippen molar-refractivity contribution in [3.8, 4) is 5.75 Å². The predicted octanol–water partition coefficient (Wildman–Crippen LogP) is 4.16. The molecule has 0 bridgehead atoms. The third-order valence-corrected chi connectivity index (χ3v) is 4.72. The molecule has 1 aliphatic rings. The Balaban J connectivity index is 0.00000117. The van der Waals surface area contributed by atoms with Gasteiger partial charge >= 0.3 is 6.09 Å². The number of ether oxygens (including phenoxy) is 1. The molecule has 0 aromatic heterocycles. The molecule has 1 aliphatic heterocycles. The maximum absolute atomic E-state index is 12.4. The number of nitrogens with zero attached hydrogens (tertiary/aromatic N) is 1.